The van der Waals surface area contributed by atoms with Crippen LogP contribution in [-0.2, 0) is 11.8 Å². The van der Waals surface area contributed by atoms with Gasteiger partial charge in [0.1, 0.15) is 6.04 Å². The Labute approximate surface area is 120 Å². The minimum atomic E-state index is -0.390. The molecule has 0 saturated heterocycles. The second-order valence-electron chi connectivity index (χ2n) is 3.99. The summed E-state index contributed by atoms with van der Waals surface area (Å²) in [4.78, 5) is 14.1. The van der Waals surface area contributed by atoms with E-state index < -0.39 is 6.04 Å². The van der Waals surface area contributed by atoms with E-state index in [2.05, 4.69) is 23.6 Å². The molecule has 1 amide bonds. The average Bonchev–Trinajstić information content (AvgIpc) is 2.76. The normalized spacial score (nSPS) is 11.3. The third-order valence-electron chi connectivity index (χ3n) is 2.60. The molecule has 6 heteroatoms. The Morgan fingerprint density at radius 2 is 2.11 bits per heavy atom. The van der Waals surface area contributed by atoms with Crippen LogP contribution in [0.15, 0.2) is 37.7 Å². The second-order valence-corrected chi connectivity index (χ2v) is 3.99. The summed E-state index contributed by atoms with van der Waals surface area (Å²) in [5.41, 5.74) is 0.850. The molecule has 1 N–H and O–H groups in total. The van der Waals surface area contributed by atoms with E-state index in [-0.39, 0.29) is 18.3 Å². The Hall–Kier alpha value is -1.59. The molecule has 1 unspecified atom stereocenters. The summed E-state index contributed by atoms with van der Waals surface area (Å²) in [6.07, 6.45) is 6.94. The summed E-state index contributed by atoms with van der Waals surface area (Å²) >= 11 is 0. The fourth-order valence-electron chi connectivity index (χ4n) is 1.77. The third-order valence-corrected chi connectivity index (χ3v) is 2.60. The molecule has 0 fully saturated rings. The topological polar surface area (TPSA) is 50.2 Å². The molecule has 0 spiro atoms. The van der Waals surface area contributed by atoms with Gasteiger partial charge in [-0.1, -0.05) is 12.2 Å². The molecule has 0 radical (unpaired) electrons. The van der Waals surface area contributed by atoms with Crippen molar-refractivity contribution in [2.45, 2.75) is 6.04 Å². The van der Waals surface area contributed by atoms with Crippen molar-refractivity contribution >= 4 is 18.3 Å². The molecule has 106 valence electrons. The maximum absolute atomic E-state index is 12.4. The summed E-state index contributed by atoms with van der Waals surface area (Å²) in [6, 6.07) is -0.390. The van der Waals surface area contributed by atoms with Crippen molar-refractivity contribution in [2.75, 3.05) is 20.1 Å². The average molecular weight is 285 g/mol. The van der Waals surface area contributed by atoms with Gasteiger partial charge >= 0.3 is 0 Å². The minimum absolute atomic E-state index is 0. The van der Waals surface area contributed by atoms with Crippen molar-refractivity contribution < 1.29 is 4.79 Å². The molecular weight excluding hydrogens is 264 g/mol. The molecule has 1 aromatic rings. The van der Waals surface area contributed by atoms with Crippen molar-refractivity contribution in [2.24, 2.45) is 7.05 Å². The molecule has 19 heavy (non-hydrogen) atoms. The van der Waals surface area contributed by atoms with Gasteiger partial charge in [-0.05, 0) is 7.05 Å². The lowest BCUT2D eigenvalue weighted by molar-refractivity contribution is -0.132. The van der Waals surface area contributed by atoms with Crippen molar-refractivity contribution in [1.82, 2.24) is 20.0 Å². The zero-order valence-electron chi connectivity index (χ0n) is 11.4. The smallest absolute Gasteiger partial charge is 0.244 e. The number of nitrogens with one attached hydrogen (secondary N) is 1. The number of likely N-dealkylation sites (N-methyl/N-ethyl adjacent to an activating group) is 1. The standard InChI is InChI=1S/C13H20N4O.ClH/c1-5-7-17(8-6-2)13(18)12(14-3)11-9-15-16(4)10-11;/h5-6,9-10,12,14H,1-2,7-8H2,3-4H3;1H. The number of aryl methyl sites for hydroxylation is 1. The third kappa shape index (κ3) is 4.54. The van der Waals surface area contributed by atoms with Gasteiger partial charge in [-0.3, -0.25) is 9.48 Å². The molecule has 0 bridgehead atoms. The molecular formula is C13H21ClN4O. The number of nitrogens with zero attached hydrogens (tertiary/aromatic N) is 3. The van der Waals surface area contributed by atoms with Gasteiger partial charge in [-0.25, -0.2) is 0 Å². The predicted octanol–water partition coefficient (Wildman–Crippen LogP) is 1.30. The summed E-state index contributed by atoms with van der Waals surface area (Å²) < 4.78 is 1.68. The lowest BCUT2D eigenvalue weighted by Crippen LogP contribution is -2.40. The first-order valence-electron chi connectivity index (χ1n) is 5.80. The van der Waals surface area contributed by atoms with E-state index in [1.165, 1.54) is 0 Å². The second kappa shape index (κ2) is 8.50. The van der Waals surface area contributed by atoms with Crippen LogP contribution >= 0.6 is 12.4 Å². The maximum Gasteiger partial charge on any atom is 0.244 e. The van der Waals surface area contributed by atoms with Crippen LogP contribution in [0.3, 0.4) is 0 Å². The first-order valence-corrected chi connectivity index (χ1v) is 5.80. The number of hydrogen-bond donors (Lipinski definition) is 1. The summed E-state index contributed by atoms with van der Waals surface area (Å²) in [6.45, 7) is 8.33. The highest BCUT2D eigenvalue weighted by molar-refractivity contribution is 5.85. The molecule has 0 saturated carbocycles. The lowest BCUT2D eigenvalue weighted by atomic mass is 10.1. The SMILES string of the molecule is C=CCN(CC=C)C(=O)C(NC)c1cnn(C)c1.Cl. The molecule has 5 nitrogen and oxygen atoms in total. The number of rotatable bonds is 7. The number of carbonyl (C=O) groups excluding carboxylic acids is 1. The van der Waals surface area contributed by atoms with E-state index in [4.69, 9.17) is 0 Å². The van der Waals surface area contributed by atoms with Crippen LogP contribution in [0.5, 0.6) is 0 Å². The Kier molecular flexibility index (Phi) is 7.79. The maximum atomic E-state index is 12.4. The molecule has 0 aliphatic carbocycles. The first kappa shape index (κ1) is 17.4. The Bertz CT molecular complexity index is 420. The van der Waals surface area contributed by atoms with Gasteiger partial charge in [0.25, 0.3) is 0 Å². The van der Waals surface area contributed by atoms with Gasteiger partial charge in [0.15, 0.2) is 0 Å². The van der Waals surface area contributed by atoms with E-state index in [9.17, 15) is 4.79 Å². The van der Waals surface area contributed by atoms with Crippen LogP contribution in [0.25, 0.3) is 0 Å². The van der Waals surface area contributed by atoms with E-state index in [0.29, 0.717) is 13.1 Å². The van der Waals surface area contributed by atoms with Gasteiger partial charge in [0.2, 0.25) is 5.91 Å². The minimum Gasteiger partial charge on any atom is -0.334 e. The van der Waals surface area contributed by atoms with Crippen LogP contribution in [0.2, 0.25) is 0 Å². The molecule has 0 aliphatic heterocycles. The van der Waals surface area contributed by atoms with Crippen molar-refractivity contribution in [3.05, 3.63) is 43.3 Å². The lowest BCUT2D eigenvalue weighted by Gasteiger charge is -2.24. The van der Waals surface area contributed by atoms with E-state index in [1.807, 2.05) is 13.2 Å². The van der Waals surface area contributed by atoms with E-state index >= 15 is 0 Å². The fourth-order valence-corrected chi connectivity index (χ4v) is 1.77. The monoisotopic (exact) mass is 284 g/mol. The van der Waals surface area contributed by atoms with Gasteiger partial charge in [0, 0.05) is 31.9 Å². The number of carbonyl (C=O) groups is 1. The number of hydrogen-bond acceptors (Lipinski definition) is 3. The summed E-state index contributed by atoms with van der Waals surface area (Å²) in [7, 11) is 3.58. The highest BCUT2D eigenvalue weighted by Crippen LogP contribution is 2.14. The van der Waals surface area contributed by atoms with Crippen LogP contribution in [0.4, 0.5) is 0 Å². The quantitative estimate of drug-likeness (QED) is 0.768. The molecule has 0 aromatic carbocycles. The van der Waals surface area contributed by atoms with E-state index in [1.54, 1.807) is 35.0 Å². The first-order chi connectivity index (χ1) is 8.63. The van der Waals surface area contributed by atoms with Crippen LogP contribution in [0.1, 0.15) is 11.6 Å². The van der Waals surface area contributed by atoms with Gasteiger partial charge in [0.05, 0.1) is 6.20 Å². The van der Waals surface area contributed by atoms with Gasteiger partial charge < -0.3 is 10.2 Å². The van der Waals surface area contributed by atoms with Crippen molar-refractivity contribution in [1.29, 1.82) is 0 Å². The van der Waals surface area contributed by atoms with Gasteiger partial charge in [-0.15, -0.1) is 25.6 Å². The zero-order chi connectivity index (χ0) is 13.5. The fraction of sp³-hybridized carbons (Fsp3) is 0.385. The van der Waals surface area contributed by atoms with Crippen LogP contribution in [-0.4, -0.2) is 40.7 Å². The number of halogens is 1. The highest BCUT2D eigenvalue weighted by atomic mass is 35.5. The molecule has 1 rings (SSSR count). The van der Waals surface area contributed by atoms with E-state index in [0.717, 1.165) is 5.56 Å². The number of aromatic nitrogens is 2. The van der Waals surface area contributed by atoms with Crippen LogP contribution in [0, 0.1) is 0 Å². The van der Waals surface area contributed by atoms with Gasteiger partial charge in [-0.2, -0.15) is 5.10 Å². The largest absolute Gasteiger partial charge is 0.334 e. The summed E-state index contributed by atoms with van der Waals surface area (Å²) in [5.74, 6) is -0.00898. The molecule has 1 atom stereocenters. The molecule has 1 aromatic heterocycles. The Balaban J connectivity index is 0.00000324. The molecule has 0 aliphatic rings. The zero-order valence-corrected chi connectivity index (χ0v) is 12.2. The van der Waals surface area contributed by atoms with Crippen LogP contribution < -0.4 is 5.32 Å². The predicted molar refractivity (Wildman–Crippen MR) is 79.2 cm³/mol. The Morgan fingerprint density at radius 3 is 2.47 bits per heavy atom. The highest BCUT2D eigenvalue weighted by Gasteiger charge is 2.24. The summed E-state index contributed by atoms with van der Waals surface area (Å²) in [5, 5.41) is 7.10. The van der Waals surface area contributed by atoms with Crippen molar-refractivity contribution in [3.8, 4) is 0 Å². The number of amides is 1. The van der Waals surface area contributed by atoms with Crippen molar-refractivity contribution in [3.63, 3.8) is 0 Å². The molecule has 1 heterocycles. The Morgan fingerprint density at radius 1 is 1.53 bits per heavy atom.